The summed E-state index contributed by atoms with van der Waals surface area (Å²) in [5.74, 6) is 0. The minimum atomic E-state index is 0.0503. The highest BCUT2D eigenvalue weighted by Crippen LogP contribution is 2.20. The van der Waals surface area contributed by atoms with Crippen molar-refractivity contribution in [3.63, 3.8) is 0 Å². The van der Waals surface area contributed by atoms with Gasteiger partial charge in [0, 0.05) is 5.56 Å². The van der Waals surface area contributed by atoms with Crippen molar-refractivity contribution in [3.05, 3.63) is 59.7 Å². The summed E-state index contributed by atoms with van der Waals surface area (Å²) in [6.07, 6.45) is 0.839. The average Bonchev–Trinajstić information content (AvgIpc) is 2.39. The van der Waals surface area contributed by atoms with Crippen LogP contribution >= 0.6 is 0 Å². The molecular weight excluding hydrogens is 200 g/mol. The largest absolute Gasteiger partial charge is 0.392 e. The van der Waals surface area contributed by atoms with Crippen LogP contribution in [0.15, 0.2) is 48.5 Å². The van der Waals surface area contributed by atoms with E-state index in [1.807, 2.05) is 42.5 Å². The molecule has 2 heteroatoms. The number of benzene rings is 2. The molecule has 0 spiro atoms. The highest BCUT2D eigenvalue weighted by Gasteiger charge is 1.98. The fourth-order valence-corrected chi connectivity index (χ4v) is 1.59. The van der Waals surface area contributed by atoms with Crippen LogP contribution in [0.3, 0.4) is 0 Å². The van der Waals surface area contributed by atoms with Crippen molar-refractivity contribution in [2.75, 3.05) is 0 Å². The summed E-state index contributed by atoms with van der Waals surface area (Å²) in [4.78, 5) is 10.7. The fraction of sp³-hybridized carbons (Fsp3) is 0.0714. The van der Waals surface area contributed by atoms with E-state index in [0.717, 1.165) is 23.0 Å². The Morgan fingerprint density at radius 3 is 2.38 bits per heavy atom. The molecule has 2 nitrogen and oxygen atoms in total. The third kappa shape index (κ3) is 2.18. The lowest BCUT2D eigenvalue weighted by molar-refractivity contribution is 0.112. The highest BCUT2D eigenvalue weighted by atomic mass is 16.3. The first-order valence-corrected chi connectivity index (χ1v) is 5.09. The first-order chi connectivity index (χ1) is 7.83. The number of carbonyl (C=O) groups is 1. The van der Waals surface area contributed by atoms with Gasteiger partial charge in [-0.05, 0) is 22.8 Å². The van der Waals surface area contributed by atoms with Crippen LogP contribution in [0.1, 0.15) is 15.9 Å². The Morgan fingerprint density at radius 2 is 1.75 bits per heavy atom. The van der Waals surface area contributed by atoms with Crippen LogP contribution in [0.4, 0.5) is 0 Å². The summed E-state index contributed by atoms with van der Waals surface area (Å²) in [6.45, 7) is 0.0503. The van der Waals surface area contributed by atoms with E-state index in [9.17, 15) is 4.79 Å². The first kappa shape index (κ1) is 10.6. The van der Waals surface area contributed by atoms with E-state index in [4.69, 9.17) is 5.11 Å². The summed E-state index contributed by atoms with van der Waals surface area (Å²) in [5, 5.41) is 8.93. The lowest BCUT2D eigenvalue weighted by Gasteiger charge is -2.03. The zero-order valence-corrected chi connectivity index (χ0v) is 8.76. The van der Waals surface area contributed by atoms with Gasteiger partial charge in [-0.2, -0.15) is 0 Å². The van der Waals surface area contributed by atoms with Gasteiger partial charge in [-0.1, -0.05) is 42.5 Å². The van der Waals surface area contributed by atoms with Gasteiger partial charge in [0.25, 0.3) is 0 Å². The molecule has 2 aromatic rings. The molecular formula is C14H12O2. The fourth-order valence-electron chi connectivity index (χ4n) is 1.59. The summed E-state index contributed by atoms with van der Waals surface area (Å²) in [7, 11) is 0. The molecule has 0 amide bonds. The molecule has 0 heterocycles. The highest BCUT2D eigenvalue weighted by molar-refractivity contribution is 5.78. The summed E-state index contributed by atoms with van der Waals surface area (Å²) >= 11 is 0. The molecule has 16 heavy (non-hydrogen) atoms. The number of hydrogen-bond donors (Lipinski definition) is 1. The molecule has 0 aromatic heterocycles. The van der Waals surface area contributed by atoms with Crippen molar-refractivity contribution < 1.29 is 9.90 Å². The van der Waals surface area contributed by atoms with E-state index in [-0.39, 0.29) is 6.61 Å². The minimum Gasteiger partial charge on any atom is -0.392 e. The molecule has 0 saturated heterocycles. The standard InChI is InChI=1S/C14H12O2/c15-9-11-4-6-13(7-5-11)14-3-1-2-12(8-14)10-16/h1-8,10,15H,9H2. The number of aliphatic hydroxyl groups excluding tert-OH is 1. The molecule has 0 fully saturated rings. The van der Waals surface area contributed by atoms with Gasteiger partial charge in [-0.3, -0.25) is 4.79 Å². The minimum absolute atomic E-state index is 0.0503. The number of aldehydes is 1. The Balaban J connectivity index is 2.38. The molecule has 1 N–H and O–H groups in total. The van der Waals surface area contributed by atoms with Crippen molar-refractivity contribution in [2.24, 2.45) is 0 Å². The van der Waals surface area contributed by atoms with E-state index in [0.29, 0.717) is 5.56 Å². The van der Waals surface area contributed by atoms with Gasteiger partial charge in [-0.15, -0.1) is 0 Å². The van der Waals surface area contributed by atoms with Gasteiger partial charge in [0.2, 0.25) is 0 Å². The van der Waals surface area contributed by atoms with Crippen LogP contribution in [0.2, 0.25) is 0 Å². The molecule has 0 radical (unpaired) electrons. The van der Waals surface area contributed by atoms with E-state index in [2.05, 4.69) is 0 Å². The molecule has 80 valence electrons. The van der Waals surface area contributed by atoms with Gasteiger partial charge in [0.15, 0.2) is 0 Å². The molecule has 0 bridgehead atoms. The van der Waals surface area contributed by atoms with Gasteiger partial charge >= 0.3 is 0 Å². The monoisotopic (exact) mass is 212 g/mol. The van der Waals surface area contributed by atoms with Crippen LogP contribution in [0.5, 0.6) is 0 Å². The third-order valence-electron chi connectivity index (χ3n) is 2.49. The van der Waals surface area contributed by atoms with Crippen molar-refractivity contribution >= 4 is 6.29 Å². The van der Waals surface area contributed by atoms with Gasteiger partial charge in [0.05, 0.1) is 6.61 Å². The van der Waals surface area contributed by atoms with Gasteiger partial charge < -0.3 is 5.11 Å². The maximum atomic E-state index is 10.7. The zero-order chi connectivity index (χ0) is 11.4. The van der Waals surface area contributed by atoms with Crippen molar-refractivity contribution in [1.29, 1.82) is 0 Å². The smallest absolute Gasteiger partial charge is 0.150 e. The van der Waals surface area contributed by atoms with Crippen molar-refractivity contribution in [3.8, 4) is 11.1 Å². The second kappa shape index (κ2) is 4.73. The molecule has 2 aromatic carbocycles. The maximum Gasteiger partial charge on any atom is 0.150 e. The SMILES string of the molecule is O=Cc1cccc(-c2ccc(CO)cc2)c1. The predicted octanol–water partition coefficient (Wildman–Crippen LogP) is 2.66. The summed E-state index contributed by atoms with van der Waals surface area (Å²) in [6, 6.07) is 15.1. The summed E-state index contributed by atoms with van der Waals surface area (Å²) in [5.41, 5.74) is 3.61. The molecule has 0 saturated carbocycles. The molecule has 2 rings (SSSR count). The third-order valence-corrected chi connectivity index (χ3v) is 2.49. The molecule has 0 aliphatic rings. The van der Waals surface area contributed by atoms with Crippen LogP contribution < -0.4 is 0 Å². The van der Waals surface area contributed by atoms with Crippen LogP contribution in [-0.2, 0) is 6.61 Å². The van der Waals surface area contributed by atoms with Crippen molar-refractivity contribution in [2.45, 2.75) is 6.61 Å². The number of aliphatic hydroxyl groups is 1. The Bertz CT molecular complexity index is 486. The quantitative estimate of drug-likeness (QED) is 0.794. The van der Waals surface area contributed by atoms with Gasteiger partial charge in [0.1, 0.15) is 6.29 Å². The number of carbonyl (C=O) groups excluding carboxylic acids is 1. The van der Waals surface area contributed by atoms with E-state index in [1.54, 1.807) is 6.07 Å². The van der Waals surface area contributed by atoms with Crippen LogP contribution in [0, 0.1) is 0 Å². The topological polar surface area (TPSA) is 37.3 Å². The second-order valence-electron chi connectivity index (χ2n) is 3.60. The normalized spacial score (nSPS) is 10.1. The number of hydrogen-bond acceptors (Lipinski definition) is 2. The van der Waals surface area contributed by atoms with Crippen LogP contribution in [0.25, 0.3) is 11.1 Å². The lowest BCUT2D eigenvalue weighted by atomic mass is 10.0. The maximum absolute atomic E-state index is 10.7. The molecule has 0 aliphatic heterocycles. The molecule has 0 atom stereocenters. The second-order valence-corrected chi connectivity index (χ2v) is 3.60. The zero-order valence-electron chi connectivity index (χ0n) is 8.76. The predicted molar refractivity (Wildman–Crippen MR) is 63.2 cm³/mol. The Hall–Kier alpha value is -1.93. The Labute approximate surface area is 94.2 Å². The van der Waals surface area contributed by atoms with E-state index < -0.39 is 0 Å². The van der Waals surface area contributed by atoms with Gasteiger partial charge in [-0.25, -0.2) is 0 Å². The van der Waals surface area contributed by atoms with E-state index in [1.165, 1.54) is 0 Å². The number of rotatable bonds is 3. The van der Waals surface area contributed by atoms with Crippen molar-refractivity contribution in [1.82, 2.24) is 0 Å². The molecule has 0 aliphatic carbocycles. The Kier molecular flexibility index (Phi) is 3.13. The van der Waals surface area contributed by atoms with E-state index >= 15 is 0 Å². The lowest BCUT2D eigenvalue weighted by Crippen LogP contribution is -1.85. The average molecular weight is 212 g/mol. The molecule has 0 unspecified atom stereocenters. The van der Waals surface area contributed by atoms with Crippen LogP contribution in [-0.4, -0.2) is 11.4 Å². The first-order valence-electron chi connectivity index (χ1n) is 5.09. The Morgan fingerprint density at radius 1 is 1.00 bits per heavy atom. The summed E-state index contributed by atoms with van der Waals surface area (Å²) < 4.78 is 0.